The van der Waals surface area contributed by atoms with Crippen LogP contribution in [0.2, 0.25) is 0 Å². The van der Waals surface area contributed by atoms with E-state index < -0.39 is 29.7 Å². The van der Waals surface area contributed by atoms with Crippen molar-refractivity contribution < 1.29 is 24.2 Å². The van der Waals surface area contributed by atoms with Gasteiger partial charge in [-0.1, -0.05) is 13.3 Å². The van der Waals surface area contributed by atoms with Gasteiger partial charge in [0.1, 0.15) is 0 Å². The first-order valence-corrected chi connectivity index (χ1v) is 6.17. The molecule has 2 atom stereocenters. The van der Waals surface area contributed by atoms with Crippen LogP contribution in [-0.2, 0) is 19.1 Å². The summed E-state index contributed by atoms with van der Waals surface area (Å²) < 4.78 is 10.3. The topological polar surface area (TPSA) is 84.9 Å². The fourth-order valence-electron chi connectivity index (χ4n) is 1.57. The summed E-state index contributed by atoms with van der Waals surface area (Å²) in [4.78, 5) is 23.1. The van der Waals surface area contributed by atoms with Crippen LogP contribution in [0, 0.1) is 0 Å². The van der Waals surface area contributed by atoms with Gasteiger partial charge in [0.25, 0.3) is 5.91 Å². The van der Waals surface area contributed by atoms with Gasteiger partial charge in [-0.15, -0.1) is 0 Å². The second-order valence-electron chi connectivity index (χ2n) is 4.98. The quantitative estimate of drug-likeness (QED) is 0.535. The monoisotopic (exact) mass is 259 g/mol. The number of hydrogen-bond donors (Lipinski definition) is 2. The van der Waals surface area contributed by atoms with Crippen LogP contribution >= 0.6 is 0 Å². The summed E-state index contributed by atoms with van der Waals surface area (Å²) in [6, 6.07) is 0. The first-order valence-electron chi connectivity index (χ1n) is 6.17. The second kappa shape index (κ2) is 6.15. The molecule has 0 aromatic heterocycles. The number of rotatable bonds is 5. The van der Waals surface area contributed by atoms with Crippen LogP contribution in [0.1, 0.15) is 33.6 Å². The Hall–Kier alpha value is -1.14. The van der Waals surface area contributed by atoms with E-state index in [1.807, 2.05) is 6.92 Å². The third-order valence-electron chi connectivity index (χ3n) is 2.66. The van der Waals surface area contributed by atoms with Crippen molar-refractivity contribution in [1.29, 1.82) is 0 Å². The number of ether oxygens (including phenoxy) is 2. The van der Waals surface area contributed by atoms with Crippen LogP contribution < -0.4 is 5.32 Å². The maximum absolute atomic E-state index is 11.6. The maximum atomic E-state index is 11.6. The van der Waals surface area contributed by atoms with Crippen molar-refractivity contribution in [3.8, 4) is 0 Å². The molecule has 0 radical (unpaired) electrons. The van der Waals surface area contributed by atoms with Gasteiger partial charge in [-0.05, 0) is 20.3 Å². The molecular formula is C12H21NO5. The SMILES string of the molecule is CCCCOC(=O)C(O)[C@H]1OC(C)(C)CNC1=O. The molecule has 0 spiro atoms. The Balaban J connectivity index is 2.55. The van der Waals surface area contributed by atoms with Gasteiger partial charge in [0.2, 0.25) is 0 Å². The molecule has 2 N–H and O–H groups in total. The maximum Gasteiger partial charge on any atom is 0.338 e. The molecule has 0 saturated carbocycles. The molecule has 0 aromatic rings. The number of aliphatic hydroxyl groups is 1. The zero-order valence-electron chi connectivity index (χ0n) is 11.1. The molecule has 0 aromatic carbocycles. The van der Waals surface area contributed by atoms with E-state index in [0.29, 0.717) is 6.54 Å². The van der Waals surface area contributed by atoms with Gasteiger partial charge < -0.3 is 19.9 Å². The largest absolute Gasteiger partial charge is 0.464 e. The minimum atomic E-state index is -1.58. The smallest absolute Gasteiger partial charge is 0.338 e. The number of unbranched alkanes of at least 4 members (excludes halogenated alkanes) is 1. The van der Waals surface area contributed by atoms with E-state index in [-0.39, 0.29) is 6.61 Å². The van der Waals surface area contributed by atoms with E-state index in [1.165, 1.54) is 0 Å². The van der Waals surface area contributed by atoms with Crippen LogP contribution in [0.25, 0.3) is 0 Å². The van der Waals surface area contributed by atoms with E-state index in [9.17, 15) is 14.7 Å². The summed E-state index contributed by atoms with van der Waals surface area (Å²) in [5.74, 6) is -1.31. The average molecular weight is 259 g/mol. The lowest BCUT2D eigenvalue weighted by Crippen LogP contribution is -2.59. The van der Waals surface area contributed by atoms with Gasteiger partial charge in [0.15, 0.2) is 12.2 Å². The van der Waals surface area contributed by atoms with Gasteiger partial charge >= 0.3 is 5.97 Å². The van der Waals surface area contributed by atoms with E-state index in [0.717, 1.165) is 12.8 Å². The normalized spacial score (nSPS) is 24.2. The summed E-state index contributed by atoms with van der Waals surface area (Å²) in [5, 5.41) is 12.4. The molecule has 1 heterocycles. The molecule has 6 heteroatoms. The van der Waals surface area contributed by atoms with E-state index in [4.69, 9.17) is 9.47 Å². The molecule has 1 unspecified atom stereocenters. The predicted octanol–water partition coefficient (Wildman–Crippen LogP) is -0.0158. The zero-order chi connectivity index (χ0) is 13.8. The number of nitrogens with one attached hydrogen (secondary N) is 1. The zero-order valence-corrected chi connectivity index (χ0v) is 11.1. The lowest BCUT2D eigenvalue weighted by molar-refractivity contribution is -0.185. The highest BCUT2D eigenvalue weighted by Gasteiger charge is 2.42. The molecule has 1 aliphatic rings. The molecule has 1 amide bonds. The van der Waals surface area contributed by atoms with Crippen molar-refractivity contribution in [2.75, 3.05) is 13.2 Å². The van der Waals surface area contributed by atoms with Crippen LogP contribution in [0.15, 0.2) is 0 Å². The van der Waals surface area contributed by atoms with Gasteiger partial charge in [0, 0.05) is 6.54 Å². The van der Waals surface area contributed by atoms with Crippen LogP contribution in [0.4, 0.5) is 0 Å². The number of aliphatic hydroxyl groups excluding tert-OH is 1. The summed E-state index contributed by atoms with van der Waals surface area (Å²) in [7, 11) is 0. The molecule has 104 valence electrons. The van der Waals surface area contributed by atoms with Crippen molar-refractivity contribution in [3.63, 3.8) is 0 Å². The lowest BCUT2D eigenvalue weighted by atomic mass is 10.0. The average Bonchev–Trinajstić information content (AvgIpc) is 2.31. The number of hydrogen-bond acceptors (Lipinski definition) is 5. The first kappa shape index (κ1) is 14.9. The summed E-state index contributed by atoms with van der Waals surface area (Å²) in [6.07, 6.45) is -1.18. The summed E-state index contributed by atoms with van der Waals surface area (Å²) in [5.41, 5.74) is -0.608. The van der Waals surface area contributed by atoms with E-state index in [1.54, 1.807) is 13.8 Å². The fraction of sp³-hybridized carbons (Fsp3) is 0.833. The molecule has 1 aliphatic heterocycles. The summed E-state index contributed by atoms with van der Waals surface area (Å²) in [6.45, 7) is 6.09. The highest BCUT2D eigenvalue weighted by atomic mass is 16.6. The van der Waals surface area contributed by atoms with Crippen LogP contribution in [0.3, 0.4) is 0 Å². The number of carbonyl (C=O) groups excluding carboxylic acids is 2. The molecular weight excluding hydrogens is 238 g/mol. The van der Waals surface area contributed by atoms with Crippen LogP contribution in [0.5, 0.6) is 0 Å². The van der Waals surface area contributed by atoms with Crippen molar-refractivity contribution in [2.45, 2.75) is 51.4 Å². The minimum absolute atomic E-state index is 0.240. The Morgan fingerprint density at radius 2 is 2.33 bits per heavy atom. The molecule has 6 nitrogen and oxygen atoms in total. The number of esters is 1. The third kappa shape index (κ3) is 3.96. The molecule has 1 saturated heterocycles. The molecule has 0 aliphatic carbocycles. The summed E-state index contributed by atoms with van der Waals surface area (Å²) >= 11 is 0. The van der Waals surface area contributed by atoms with E-state index >= 15 is 0 Å². The molecule has 1 fully saturated rings. The van der Waals surface area contributed by atoms with E-state index in [2.05, 4.69) is 5.32 Å². The Labute approximate surface area is 107 Å². The molecule has 1 rings (SSSR count). The molecule has 0 bridgehead atoms. The van der Waals surface area contributed by atoms with Gasteiger partial charge in [0.05, 0.1) is 12.2 Å². The lowest BCUT2D eigenvalue weighted by Gasteiger charge is -2.36. The van der Waals surface area contributed by atoms with Crippen molar-refractivity contribution in [1.82, 2.24) is 5.32 Å². The number of morpholine rings is 1. The van der Waals surface area contributed by atoms with Crippen molar-refractivity contribution >= 4 is 11.9 Å². The van der Waals surface area contributed by atoms with Gasteiger partial charge in [-0.2, -0.15) is 0 Å². The highest BCUT2D eigenvalue weighted by Crippen LogP contribution is 2.18. The van der Waals surface area contributed by atoms with Gasteiger partial charge in [-0.3, -0.25) is 4.79 Å². The Kier molecular flexibility index (Phi) is 5.10. The fourth-order valence-corrected chi connectivity index (χ4v) is 1.57. The molecule has 18 heavy (non-hydrogen) atoms. The Morgan fingerprint density at radius 1 is 1.67 bits per heavy atom. The second-order valence-corrected chi connectivity index (χ2v) is 4.98. The standard InChI is InChI=1S/C12H21NO5/c1-4-5-6-17-11(16)8(14)9-10(15)13-7-12(2,3)18-9/h8-9,14H,4-7H2,1-3H3,(H,13,15)/t8?,9-/m1/s1. The highest BCUT2D eigenvalue weighted by molar-refractivity contribution is 5.89. The first-order chi connectivity index (χ1) is 8.37. The third-order valence-corrected chi connectivity index (χ3v) is 2.66. The predicted molar refractivity (Wildman–Crippen MR) is 63.8 cm³/mol. The Morgan fingerprint density at radius 3 is 2.94 bits per heavy atom. The minimum Gasteiger partial charge on any atom is -0.464 e. The number of amides is 1. The van der Waals surface area contributed by atoms with Crippen molar-refractivity contribution in [2.24, 2.45) is 0 Å². The van der Waals surface area contributed by atoms with Crippen LogP contribution in [-0.4, -0.2) is 47.9 Å². The number of carbonyl (C=O) groups is 2. The Bertz CT molecular complexity index is 316. The van der Waals surface area contributed by atoms with Gasteiger partial charge in [-0.25, -0.2) is 4.79 Å². The van der Waals surface area contributed by atoms with Crippen molar-refractivity contribution in [3.05, 3.63) is 0 Å².